The maximum absolute atomic E-state index is 12.5. The maximum Gasteiger partial charge on any atom is 0.547 e. The first-order valence-corrected chi connectivity index (χ1v) is 9.69. The van der Waals surface area contributed by atoms with Crippen molar-refractivity contribution >= 4 is 24.9 Å². The predicted octanol–water partition coefficient (Wildman–Crippen LogP) is -2.40. The van der Waals surface area contributed by atoms with Crippen LogP contribution in [-0.2, 0) is 17.8 Å². The standard InChI is InChI=1S/C17H20BN7O6/c26-13(20-10-4-5-19-7-10)8-25-23-15(22-24-25)16(27)21-12-6-9-2-1-3-11(17(28)29)14(9)31-18(12)30/h1-3,10,12,19,30H,4-8H2,(H,20,26)(H,21,27)(H,28,29). The van der Waals surface area contributed by atoms with Crippen molar-refractivity contribution in [3.63, 3.8) is 0 Å². The molecule has 2 amide bonds. The van der Waals surface area contributed by atoms with Gasteiger partial charge in [-0.25, -0.2) is 4.79 Å². The summed E-state index contributed by atoms with van der Waals surface area (Å²) in [7, 11) is -1.46. The highest BCUT2D eigenvalue weighted by atomic mass is 16.5. The Labute approximate surface area is 176 Å². The number of amides is 2. The van der Waals surface area contributed by atoms with Crippen LogP contribution in [0, 0.1) is 0 Å². The second kappa shape index (κ2) is 8.69. The molecule has 5 N–H and O–H groups in total. The number of tetrazole rings is 1. The fraction of sp³-hybridized carbons (Fsp3) is 0.412. The zero-order chi connectivity index (χ0) is 22.0. The van der Waals surface area contributed by atoms with Crippen LogP contribution in [0.25, 0.3) is 0 Å². The summed E-state index contributed by atoms with van der Waals surface area (Å²) in [5.74, 6) is -3.24. The van der Waals surface area contributed by atoms with E-state index < -0.39 is 24.9 Å². The molecule has 0 bridgehead atoms. The fourth-order valence-corrected chi connectivity index (χ4v) is 3.53. The third-order valence-corrected chi connectivity index (χ3v) is 5.03. The van der Waals surface area contributed by atoms with Gasteiger partial charge in [-0.2, -0.15) is 4.80 Å². The van der Waals surface area contributed by atoms with Gasteiger partial charge >= 0.3 is 13.1 Å². The van der Waals surface area contributed by atoms with E-state index in [1.807, 2.05) is 0 Å². The van der Waals surface area contributed by atoms with Gasteiger partial charge < -0.3 is 30.7 Å². The van der Waals surface area contributed by atoms with Crippen LogP contribution in [0.15, 0.2) is 18.2 Å². The minimum atomic E-state index is -1.46. The molecular formula is C17H20BN7O6. The number of aromatic carboxylic acids is 1. The number of hydrogen-bond donors (Lipinski definition) is 5. The molecule has 1 aromatic heterocycles. The van der Waals surface area contributed by atoms with Gasteiger partial charge in [0.25, 0.3) is 11.7 Å². The quantitative estimate of drug-likeness (QED) is 0.311. The van der Waals surface area contributed by atoms with E-state index in [-0.39, 0.29) is 42.1 Å². The molecule has 0 saturated carbocycles. The van der Waals surface area contributed by atoms with Crippen LogP contribution in [0.5, 0.6) is 5.75 Å². The summed E-state index contributed by atoms with van der Waals surface area (Å²) in [6.45, 7) is 1.36. The number of nitrogens with zero attached hydrogens (tertiary/aromatic N) is 4. The number of hydrogen-bond acceptors (Lipinski definition) is 9. The molecule has 1 fully saturated rings. The van der Waals surface area contributed by atoms with Gasteiger partial charge in [-0.1, -0.05) is 12.1 Å². The van der Waals surface area contributed by atoms with Crippen molar-refractivity contribution < 1.29 is 29.2 Å². The Morgan fingerprint density at radius 3 is 2.90 bits per heavy atom. The molecule has 162 valence electrons. The Morgan fingerprint density at radius 2 is 2.16 bits per heavy atom. The molecule has 2 atom stereocenters. The van der Waals surface area contributed by atoms with Crippen LogP contribution in [0.1, 0.15) is 33.0 Å². The number of carboxylic acid groups (broad SMARTS) is 1. The molecule has 2 aliphatic rings. The molecule has 2 aliphatic heterocycles. The molecule has 0 radical (unpaired) electrons. The Morgan fingerprint density at radius 1 is 1.32 bits per heavy atom. The molecule has 31 heavy (non-hydrogen) atoms. The highest BCUT2D eigenvalue weighted by molar-refractivity contribution is 6.47. The van der Waals surface area contributed by atoms with E-state index in [1.54, 1.807) is 12.1 Å². The average Bonchev–Trinajstić information content (AvgIpc) is 3.40. The summed E-state index contributed by atoms with van der Waals surface area (Å²) in [6.07, 6.45) is 0.988. The lowest BCUT2D eigenvalue weighted by Gasteiger charge is -2.28. The number of carbonyl (C=O) groups is 3. The van der Waals surface area contributed by atoms with Crippen molar-refractivity contribution in [1.82, 2.24) is 36.2 Å². The van der Waals surface area contributed by atoms with Crippen molar-refractivity contribution in [2.45, 2.75) is 31.4 Å². The minimum Gasteiger partial charge on any atom is -0.534 e. The molecule has 13 nitrogen and oxygen atoms in total. The van der Waals surface area contributed by atoms with E-state index in [2.05, 4.69) is 31.4 Å². The van der Waals surface area contributed by atoms with Crippen LogP contribution in [0.3, 0.4) is 0 Å². The summed E-state index contributed by atoms with van der Waals surface area (Å²) in [5.41, 5.74) is 0.461. The zero-order valence-corrected chi connectivity index (χ0v) is 16.3. The summed E-state index contributed by atoms with van der Waals surface area (Å²) in [6, 6.07) is 4.63. The lowest BCUT2D eigenvalue weighted by atomic mass is 9.72. The largest absolute Gasteiger partial charge is 0.547 e. The van der Waals surface area contributed by atoms with Crippen LogP contribution in [-0.4, -0.2) is 80.3 Å². The third-order valence-electron chi connectivity index (χ3n) is 5.03. The molecule has 4 rings (SSSR count). The lowest BCUT2D eigenvalue weighted by molar-refractivity contribution is -0.122. The lowest BCUT2D eigenvalue weighted by Crippen LogP contribution is -2.53. The van der Waals surface area contributed by atoms with Gasteiger partial charge in [0.1, 0.15) is 12.3 Å². The molecular weight excluding hydrogens is 409 g/mol. The van der Waals surface area contributed by atoms with E-state index in [4.69, 9.17) is 4.65 Å². The molecule has 3 heterocycles. The van der Waals surface area contributed by atoms with Crippen LogP contribution >= 0.6 is 0 Å². The first kappa shape index (κ1) is 20.7. The molecule has 1 aromatic carbocycles. The van der Waals surface area contributed by atoms with Gasteiger partial charge in [0.05, 0.1) is 11.5 Å². The maximum atomic E-state index is 12.5. The average molecular weight is 429 g/mol. The molecule has 0 spiro atoms. The summed E-state index contributed by atoms with van der Waals surface area (Å²) >= 11 is 0. The van der Waals surface area contributed by atoms with E-state index in [1.165, 1.54) is 6.07 Å². The predicted molar refractivity (Wildman–Crippen MR) is 104 cm³/mol. The molecule has 0 aliphatic carbocycles. The normalized spacial score (nSPS) is 20.0. The van der Waals surface area contributed by atoms with Crippen LogP contribution in [0.4, 0.5) is 0 Å². The van der Waals surface area contributed by atoms with Crippen molar-refractivity contribution in [2.24, 2.45) is 0 Å². The SMILES string of the molecule is O=C(Cn1nnc(C(=O)NC2Cc3cccc(C(=O)O)c3OB2O)n1)NC1CCNC1. The number of nitrogens with one attached hydrogen (secondary N) is 3. The van der Waals surface area contributed by atoms with Crippen molar-refractivity contribution in [3.8, 4) is 5.75 Å². The molecule has 2 aromatic rings. The number of carboxylic acids is 1. The highest BCUT2D eigenvalue weighted by Gasteiger charge is 2.38. The Balaban J connectivity index is 1.37. The third kappa shape index (κ3) is 4.64. The van der Waals surface area contributed by atoms with Gasteiger partial charge in [0, 0.05) is 12.6 Å². The van der Waals surface area contributed by atoms with Gasteiger partial charge in [-0.3, -0.25) is 9.59 Å². The summed E-state index contributed by atoms with van der Waals surface area (Å²) in [4.78, 5) is 36.8. The minimum absolute atomic E-state index is 0.0519. The van der Waals surface area contributed by atoms with Crippen LogP contribution < -0.4 is 20.6 Å². The number of fused-ring (bicyclic) bond motifs is 1. The molecule has 1 saturated heterocycles. The Hall–Kier alpha value is -3.52. The highest BCUT2D eigenvalue weighted by Crippen LogP contribution is 2.30. The van der Waals surface area contributed by atoms with Crippen LogP contribution in [0.2, 0.25) is 0 Å². The fourth-order valence-electron chi connectivity index (χ4n) is 3.53. The molecule has 14 heteroatoms. The van der Waals surface area contributed by atoms with E-state index in [0.717, 1.165) is 17.8 Å². The number of benzene rings is 1. The Kier molecular flexibility index (Phi) is 5.82. The number of para-hydroxylation sites is 1. The van der Waals surface area contributed by atoms with E-state index >= 15 is 0 Å². The van der Waals surface area contributed by atoms with Crippen molar-refractivity contribution in [3.05, 3.63) is 35.2 Å². The van der Waals surface area contributed by atoms with Crippen molar-refractivity contribution in [1.29, 1.82) is 0 Å². The van der Waals surface area contributed by atoms with Gasteiger partial charge in [0.2, 0.25) is 5.91 Å². The number of aromatic nitrogens is 4. The second-order valence-corrected chi connectivity index (χ2v) is 7.29. The smallest absolute Gasteiger partial charge is 0.534 e. The number of rotatable bonds is 6. The van der Waals surface area contributed by atoms with Crippen molar-refractivity contribution in [2.75, 3.05) is 13.1 Å². The van der Waals surface area contributed by atoms with Gasteiger partial charge in [-0.05, 0) is 36.2 Å². The molecule has 2 unspecified atom stereocenters. The zero-order valence-electron chi connectivity index (χ0n) is 16.3. The Bertz CT molecular complexity index is 1010. The summed E-state index contributed by atoms with van der Waals surface area (Å²) in [5, 5.41) is 39.3. The van der Waals surface area contributed by atoms with Gasteiger partial charge in [-0.15, -0.1) is 10.2 Å². The topological polar surface area (TPSA) is 181 Å². The second-order valence-electron chi connectivity index (χ2n) is 7.29. The summed E-state index contributed by atoms with van der Waals surface area (Å²) < 4.78 is 5.34. The van der Waals surface area contributed by atoms with E-state index in [9.17, 15) is 24.5 Å². The van der Waals surface area contributed by atoms with E-state index in [0.29, 0.717) is 12.1 Å². The monoisotopic (exact) mass is 429 g/mol. The van der Waals surface area contributed by atoms with Gasteiger partial charge in [0.15, 0.2) is 0 Å². The number of carbonyl (C=O) groups excluding carboxylic acids is 2. The first-order chi connectivity index (χ1) is 14.9. The first-order valence-electron chi connectivity index (χ1n) is 9.69.